The van der Waals surface area contributed by atoms with Crippen molar-refractivity contribution in [3.05, 3.63) is 59.1 Å². The molecular formula is C14H10ClNO3. The average Bonchev–Trinajstić information content (AvgIpc) is 2.98. The fourth-order valence-electron chi connectivity index (χ4n) is 2.09. The molecular weight excluding hydrogens is 266 g/mol. The molecule has 2 heterocycles. The molecule has 0 atom stereocenters. The number of aromatic carboxylic acids is 1. The van der Waals surface area contributed by atoms with E-state index < -0.39 is 5.97 Å². The zero-order chi connectivity index (χ0) is 13.4. The largest absolute Gasteiger partial charge is 0.478 e. The van der Waals surface area contributed by atoms with E-state index in [1.807, 2.05) is 35.0 Å². The number of aromatic nitrogens is 1. The van der Waals surface area contributed by atoms with Gasteiger partial charge < -0.3 is 14.1 Å². The number of carboxylic acid groups (broad SMARTS) is 1. The van der Waals surface area contributed by atoms with Crippen LogP contribution in [0.5, 0.6) is 0 Å². The van der Waals surface area contributed by atoms with E-state index in [9.17, 15) is 4.79 Å². The summed E-state index contributed by atoms with van der Waals surface area (Å²) in [5.74, 6) is -0.416. The van der Waals surface area contributed by atoms with Gasteiger partial charge in [0.1, 0.15) is 12.0 Å². The number of halogens is 1. The van der Waals surface area contributed by atoms with Gasteiger partial charge in [0.25, 0.3) is 0 Å². The molecule has 0 saturated heterocycles. The van der Waals surface area contributed by atoms with E-state index in [-0.39, 0.29) is 5.56 Å². The third-order valence-electron chi connectivity index (χ3n) is 2.97. The van der Waals surface area contributed by atoms with Gasteiger partial charge in [-0.15, -0.1) is 0 Å². The average molecular weight is 276 g/mol. The van der Waals surface area contributed by atoms with E-state index in [0.29, 0.717) is 17.3 Å². The highest BCUT2D eigenvalue weighted by atomic mass is 35.5. The van der Waals surface area contributed by atoms with Crippen molar-refractivity contribution in [2.75, 3.05) is 0 Å². The van der Waals surface area contributed by atoms with Crippen LogP contribution in [0.25, 0.3) is 10.9 Å². The topological polar surface area (TPSA) is 55.4 Å². The molecule has 0 spiro atoms. The van der Waals surface area contributed by atoms with Crippen molar-refractivity contribution in [1.29, 1.82) is 0 Å². The van der Waals surface area contributed by atoms with Gasteiger partial charge in [-0.3, -0.25) is 0 Å². The Bertz CT molecular complexity index is 757. The molecule has 3 aromatic rings. The fourth-order valence-corrected chi connectivity index (χ4v) is 2.38. The zero-order valence-corrected chi connectivity index (χ0v) is 10.6. The summed E-state index contributed by atoms with van der Waals surface area (Å²) in [5, 5.41) is 10.6. The molecule has 0 saturated carbocycles. The predicted molar refractivity (Wildman–Crippen MR) is 71.7 cm³/mol. The summed E-state index contributed by atoms with van der Waals surface area (Å²) in [6, 6.07) is 9.17. The van der Waals surface area contributed by atoms with Crippen molar-refractivity contribution in [2.24, 2.45) is 0 Å². The molecule has 0 bridgehead atoms. The molecule has 1 N–H and O–H groups in total. The molecule has 0 aliphatic rings. The van der Waals surface area contributed by atoms with Gasteiger partial charge in [-0.05, 0) is 18.2 Å². The quantitative estimate of drug-likeness (QED) is 0.794. The highest BCUT2D eigenvalue weighted by molar-refractivity contribution is 6.35. The summed E-state index contributed by atoms with van der Waals surface area (Å²) < 4.78 is 7.18. The number of rotatable bonds is 3. The monoisotopic (exact) mass is 275 g/mol. The molecule has 19 heavy (non-hydrogen) atoms. The van der Waals surface area contributed by atoms with E-state index >= 15 is 0 Å². The molecule has 4 nitrogen and oxygen atoms in total. The van der Waals surface area contributed by atoms with E-state index in [4.69, 9.17) is 21.1 Å². The highest BCUT2D eigenvalue weighted by Crippen LogP contribution is 2.25. The maximum atomic E-state index is 10.8. The Morgan fingerprint density at radius 2 is 2.21 bits per heavy atom. The summed E-state index contributed by atoms with van der Waals surface area (Å²) in [6.07, 6.45) is 3.14. The van der Waals surface area contributed by atoms with Gasteiger partial charge in [-0.25, -0.2) is 4.79 Å². The van der Waals surface area contributed by atoms with Crippen molar-refractivity contribution in [3.8, 4) is 0 Å². The molecule has 0 aliphatic carbocycles. The van der Waals surface area contributed by atoms with Crippen LogP contribution < -0.4 is 0 Å². The summed E-state index contributed by atoms with van der Waals surface area (Å²) in [6.45, 7) is 0.445. The Morgan fingerprint density at radius 1 is 1.37 bits per heavy atom. The van der Waals surface area contributed by atoms with Crippen LogP contribution in [0, 0.1) is 0 Å². The van der Waals surface area contributed by atoms with Crippen molar-refractivity contribution >= 4 is 28.5 Å². The number of carboxylic acids is 1. The van der Waals surface area contributed by atoms with Gasteiger partial charge in [0.2, 0.25) is 0 Å². The van der Waals surface area contributed by atoms with E-state index in [0.717, 1.165) is 10.9 Å². The molecule has 96 valence electrons. The number of fused-ring (bicyclic) bond motifs is 1. The molecule has 0 unspecified atom stereocenters. The smallest absolute Gasteiger partial charge is 0.338 e. The Labute approximate surface area is 113 Å². The number of furan rings is 1. The van der Waals surface area contributed by atoms with Crippen LogP contribution in [0.15, 0.2) is 47.2 Å². The van der Waals surface area contributed by atoms with Crippen LogP contribution in [-0.2, 0) is 6.54 Å². The minimum absolute atomic E-state index is 0.151. The second kappa shape index (κ2) is 4.48. The molecule has 0 fully saturated rings. The first-order valence-corrected chi connectivity index (χ1v) is 6.07. The Balaban J connectivity index is 1.98. The van der Waals surface area contributed by atoms with Gasteiger partial charge in [0.15, 0.2) is 0 Å². The number of hydrogen-bond donors (Lipinski definition) is 1. The van der Waals surface area contributed by atoms with Crippen molar-refractivity contribution in [1.82, 2.24) is 4.57 Å². The Hall–Kier alpha value is -2.20. The fraction of sp³-hybridized carbons (Fsp3) is 0.0714. The lowest BCUT2D eigenvalue weighted by Crippen LogP contribution is -1.97. The lowest BCUT2D eigenvalue weighted by atomic mass is 10.2. The second-order valence-electron chi connectivity index (χ2n) is 4.23. The van der Waals surface area contributed by atoms with Gasteiger partial charge in [-0.1, -0.05) is 23.7 Å². The van der Waals surface area contributed by atoms with E-state index in [1.165, 1.54) is 12.3 Å². The summed E-state index contributed by atoms with van der Waals surface area (Å²) in [7, 11) is 0. The van der Waals surface area contributed by atoms with Crippen LogP contribution in [0.1, 0.15) is 16.1 Å². The highest BCUT2D eigenvalue weighted by Gasteiger charge is 2.10. The van der Waals surface area contributed by atoms with Crippen molar-refractivity contribution in [2.45, 2.75) is 6.54 Å². The Kier molecular flexibility index (Phi) is 2.80. The van der Waals surface area contributed by atoms with Crippen molar-refractivity contribution < 1.29 is 14.3 Å². The first-order chi connectivity index (χ1) is 9.15. The predicted octanol–water partition coefficient (Wildman–Crippen LogP) is 3.63. The maximum absolute atomic E-state index is 10.8. The SMILES string of the molecule is O=C(O)c1coc(Cn2ccc3cccc(Cl)c32)c1. The molecule has 1 aromatic carbocycles. The third kappa shape index (κ3) is 2.11. The lowest BCUT2D eigenvalue weighted by molar-refractivity contribution is 0.0696. The lowest BCUT2D eigenvalue weighted by Gasteiger charge is -2.04. The van der Waals surface area contributed by atoms with Crippen LogP contribution in [0.2, 0.25) is 5.02 Å². The van der Waals surface area contributed by atoms with Gasteiger partial charge >= 0.3 is 5.97 Å². The number of benzene rings is 1. The number of para-hydroxylation sites is 1. The minimum Gasteiger partial charge on any atom is -0.478 e. The third-order valence-corrected chi connectivity index (χ3v) is 3.27. The second-order valence-corrected chi connectivity index (χ2v) is 4.64. The van der Waals surface area contributed by atoms with Crippen LogP contribution in [0.3, 0.4) is 0 Å². The number of nitrogens with zero attached hydrogens (tertiary/aromatic N) is 1. The zero-order valence-electron chi connectivity index (χ0n) is 9.84. The molecule has 3 rings (SSSR count). The molecule has 0 amide bonds. The van der Waals surface area contributed by atoms with Gasteiger partial charge in [0.05, 0.1) is 22.6 Å². The van der Waals surface area contributed by atoms with Crippen LogP contribution >= 0.6 is 11.6 Å². The number of hydrogen-bond acceptors (Lipinski definition) is 2. The maximum Gasteiger partial charge on any atom is 0.338 e. The first kappa shape index (κ1) is 11.9. The standard InChI is InChI=1S/C14H10ClNO3/c15-12-3-1-2-9-4-5-16(13(9)12)7-11-6-10(8-19-11)14(17)18/h1-6,8H,7H2,(H,17,18). The number of carbonyl (C=O) groups is 1. The van der Waals surface area contributed by atoms with Gasteiger partial charge in [-0.2, -0.15) is 0 Å². The van der Waals surface area contributed by atoms with E-state index in [1.54, 1.807) is 0 Å². The van der Waals surface area contributed by atoms with Crippen LogP contribution in [0.4, 0.5) is 0 Å². The Morgan fingerprint density at radius 3 is 2.95 bits per heavy atom. The first-order valence-electron chi connectivity index (χ1n) is 5.69. The summed E-state index contributed by atoms with van der Waals surface area (Å²) >= 11 is 6.18. The molecule has 0 aliphatic heterocycles. The van der Waals surface area contributed by atoms with Crippen molar-refractivity contribution in [3.63, 3.8) is 0 Å². The molecule has 0 radical (unpaired) electrons. The van der Waals surface area contributed by atoms with Gasteiger partial charge in [0, 0.05) is 11.6 Å². The summed E-state index contributed by atoms with van der Waals surface area (Å²) in [5.41, 5.74) is 1.06. The normalized spacial score (nSPS) is 11.0. The minimum atomic E-state index is -0.995. The molecule has 5 heteroatoms. The summed E-state index contributed by atoms with van der Waals surface area (Å²) in [4.78, 5) is 10.8. The molecule has 2 aromatic heterocycles. The van der Waals surface area contributed by atoms with Crippen LogP contribution in [-0.4, -0.2) is 15.6 Å². The van der Waals surface area contributed by atoms with E-state index in [2.05, 4.69) is 0 Å².